The highest BCUT2D eigenvalue weighted by Crippen LogP contribution is 2.37. The van der Waals surface area contributed by atoms with Crippen LogP contribution in [0.25, 0.3) is 22.1 Å². The lowest BCUT2D eigenvalue weighted by Crippen LogP contribution is -2.52. The van der Waals surface area contributed by atoms with Gasteiger partial charge in [0.1, 0.15) is 17.1 Å². The smallest absolute Gasteiger partial charge is 0.261 e. The van der Waals surface area contributed by atoms with Crippen molar-refractivity contribution < 1.29 is 17.6 Å². The van der Waals surface area contributed by atoms with Crippen LogP contribution in [-0.4, -0.2) is 60.7 Å². The molecule has 2 aliphatic rings. The minimum atomic E-state index is -3.21. The Balaban J connectivity index is 1.47. The molecule has 1 saturated carbocycles. The quantitative estimate of drug-likeness (QED) is 0.511. The van der Waals surface area contributed by atoms with Crippen molar-refractivity contribution in [2.24, 2.45) is 13.0 Å². The zero-order valence-corrected chi connectivity index (χ0v) is 20.7. The second-order valence-electron chi connectivity index (χ2n) is 9.61. The maximum absolute atomic E-state index is 12.9. The Kier molecular flexibility index (Phi) is 6.03. The maximum atomic E-state index is 12.9. The van der Waals surface area contributed by atoms with Gasteiger partial charge in [-0.1, -0.05) is 18.2 Å². The number of fused-ring (bicyclic) bond motifs is 1. The van der Waals surface area contributed by atoms with Gasteiger partial charge in [0.2, 0.25) is 10.0 Å². The van der Waals surface area contributed by atoms with E-state index >= 15 is 0 Å². The van der Waals surface area contributed by atoms with Crippen LogP contribution in [0.5, 0.6) is 5.75 Å². The molecule has 3 aromatic rings. The Labute approximate surface area is 199 Å². The first-order valence-electron chi connectivity index (χ1n) is 11.7. The summed E-state index contributed by atoms with van der Waals surface area (Å²) in [5.41, 5.74) is 2.17. The van der Waals surface area contributed by atoms with Gasteiger partial charge >= 0.3 is 0 Å². The molecule has 2 fully saturated rings. The minimum Gasteiger partial charge on any atom is -0.493 e. The molecular formula is C25H31N3O5S. The molecule has 34 heavy (non-hydrogen) atoms. The van der Waals surface area contributed by atoms with E-state index in [-0.39, 0.29) is 11.6 Å². The Morgan fingerprint density at radius 2 is 1.91 bits per heavy atom. The van der Waals surface area contributed by atoms with Gasteiger partial charge in [0.15, 0.2) is 0 Å². The third kappa shape index (κ3) is 4.64. The summed E-state index contributed by atoms with van der Waals surface area (Å²) in [7, 11) is -1.46. The first-order chi connectivity index (χ1) is 16.2. The maximum Gasteiger partial charge on any atom is 0.261 e. The Bertz CT molecular complexity index is 1370. The van der Waals surface area contributed by atoms with Crippen molar-refractivity contribution in [2.75, 3.05) is 32.5 Å². The number of ether oxygens (including phenoxy) is 1. The monoisotopic (exact) mass is 485 g/mol. The number of para-hydroxylation sites is 1. The average molecular weight is 486 g/mol. The fourth-order valence-electron chi connectivity index (χ4n) is 4.58. The van der Waals surface area contributed by atoms with Gasteiger partial charge in [0.25, 0.3) is 5.56 Å². The molecule has 9 heteroatoms. The van der Waals surface area contributed by atoms with Gasteiger partial charge in [0, 0.05) is 50.0 Å². The lowest BCUT2D eigenvalue weighted by molar-refractivity contribution is 0.115. The predicted octanol–water partition coefficient (Wildman–Crippen LogP) is 3.05. The summed E-state index contributed by atoms with van der Waals surface area (Å²) in [4.78, 5) is 15.1. The van der Waals surface area contributed by atoms with Crippen molar-refractivity contribution >= 4 is 21.0 Å². The zero-order chi connectivity index (χ0) is 24.0. The molecule has 1 aliphatic carbocycles. The van der Waals surface area contributed by atoms with E-state index in [2.05, 4.69) is 4.90 Å². The molecule has 1 saturated heterocycles. The fraction of sp³-hybridized carbons (Fsp3) is 0.480. The highest BCUT2D eigenvalue weighted by atomic mass is 32.2. The van der Waals surface area contributed by atoms with Gasteiger partial charge in [-0.25, -0.2) is 8.42 Å². The van der Waals surface area contributed by atoms with E-state index in [0.29, 0.717) is 55.4 Å². The van der Waals surface area contributed by atoms with Crippen molar-refractivity contribution in [3.8, 4) is 16.9 Å². The second-order valence-corrected chi connectivity index (χ2v) is 11.6. The summed E-state index contributed by atoms with van der Waals surface area (Å²) >= 11 is 0. The second kappa shape index (κ2) is 8.87. The molecule has 8 nitrogen and oxygen atoms in total. The number of sulfonamides is 1. The van der Waals surface area contributed by atoms with Crippen LogP contribution >= 0.6 is 0 Å². The standard InChI is InChI=1S/C25H31N3O5S/c1-17-13-28(34(3,30)31)11-10-27(17)14-19-12-21-24(33-19)22(15-26(2)25(21)29)20-6-4-5-7-23(20)32-16-18-8-9-18/h4-7,12,15,17-18H,8-11,13-14,16H2,1-3H3/t17-/m1/s1. The molecule has 1 atom stereocenters. The topological polar surface area (TPSA) is 85.0 Å². The van der Waals surface area contributed by atoms with Crippen molar-refractivity contribution in [1.29, 1.82) is 0 Å². The van der Waals surface area contributed by atoms with Crippen LogP contribution in [0.2, 0.25) is 0 Å². The van der Waals surface area contributed by atoms with Gasteiger partial charge in [-0.15, -0.1) is 0 Å². The number of piperazine rings is 1. The van der Waals surface area contributed by atoms with Crippen molar-refractivity contribution in [2.45, 2.75) is 32.4 Å². The number of aromatic nitrogens is 1. The van der Waals surface area contributed by atoms with E-state index < -0.39 is 10.0 Å². The molecule has 0 unspecified atom stereocenters. The van der Waals surface area contributed by atoms with E-state index in [1.807, 2.05) is 43.5 Å². The van der Waals surface area contributed by atoms with E-state index in [1.54, 1.807) is 11.6 Å². The molecule has 1 aliphatic heterocycles. The third-order valence-electron chi connectivity index (χ3n) is 6.81. The first kappa shape index (κ1) is 23.1. The number of hydrogen-bond acceptors (Lipinski definition) is 6. The van der Waals surface area contributed by atoms with Crippen LogP contribution in [0.15, 0.2) is 45.7 Å². The number of pyridine rings is 1. The molecule has 3 heterocycles. The molecule has 0 spiro atoms. The number of nitrogens with zero attached hydrogens (tertiary/aromatic N) is 3. The van der Waals surface area contributed by atoms with Gasteiger partial charge in [-0.2, -0.15) is 4.31 Å². The third-order valence-corrected chi connectivity index (χ3v) is 8.08. The summed E-state index contributed by atoms with van der Waals surface area (Å²) < 4.78 is 39.3. The summed E-state index contributed by atoms with van der Waals surface area (Å²) in [6.45, 7) is 4.72. The number of rotatable bonds is 7. The summed E-state index contributed by atoms with van der Waals surface area (Å²) in [6.07, 6.45) is 5.48. The van der Waals surface area contributed by atoms with E-state index in [1.165, 1.54) is 23.4 Å². The van der Waals surface area contributed by atoms with Gasteiger partial charge in [-0.05, 0) is 37.8 Å². The molecule has 2 aromatic heterocycles. The van der Waals surface area contributed by atoms with Crippen LogP contribution < -0.4 is 10.3 Å². The number of benzene rings is 1. The minimum absolute atomic E-state index is 0.0375. The van der Waals surface area contributed by atoms with Crippen LogP contribution in [0.1, 0.15) is 25.5 Å². The zero-order valence-electron chi connectivity index (χ0n) is 19.9. The number of aryl methyl sites for hydroxylation is 1. The summed E-state index contributed by atoms with van der Waals surface area (Å²) in [5.74, 6) is 2.11. The molecule has 0 bridgehead atoms. The molecular weight excluding hydrogens is 454 g/mol. The number of furan rings is 1. The largest absolute Gasteiger partial charge is 0.493 e. The van der Waals surface area contributed by atoms with Crippen molar-refractivity contribution in [1.82, 2.24) is 13.8 Å². The molecule has 182 valence electrons. The summed E-state index contributed by atoms with van der Waals surface area (Å²) in [6, 6.07) is 9.73. The normalized spacial score (nSPS) is 20.1. The predicted molar refractivity (Wildman–Crippen MR) is 131 cm³/mol. The lowest BCUT2D eigenvalue weighted by Gasteiger charge is -2.38. The van der Waals surface area contributed by atoms with Crippen LogP contribution in [0.4, 0.5) is 0 Å². The lowest BCUT2D eigenvalue weighted by atomic mass is 10.0. The van der Waals surface area contributed by atoms with Gasteiger partial charge < -0.3 is 13.7 Å². The van der Waals surface area contributed by atoms with Crippen molar-refractivity contribution in [3.63, 3.8) is 0 Å². The molecule has 0 radical (unpaired) electrons. The van der Waals surface area contributed by atoms with Crippen LogP contribution in [0.3, 0.4) is 0 Å². The highest BCUT2D eigenvalue weighted by molar-refractivity contribution is 7.88. The molecule has 0 amide bonds. The SMILES string of the molecule is C[C@@H]1CN(S(C)(=O)=O)CCN1Cc1cc2c(=O)n(C)cc(-c3ccccc3OCC3CC3)c2o1. The van der Waals surface area contributed by atoms with Gasteiger partial charge in [0.05, 0.1) is 24.8 Å². The number of hydrogen-bond donors (Lipinski definition) is 0. The molecule has 0 N–H and O–H groups in total. The van der Waals surface area contributed by atoms with Crippen LogP contribution in [0, 0.1) is 5.92 Å². The summed E-state index contributed by atoms with van der Waals surface area (Å²) in [5, 5.41) is 0.537. The van der Waals surface area contributed by atoms with Gasteiger partial charge in [-0.3, -0.25) is 9.69 Å². The highest BCUT2D eigenvalue weighted by Gasteiger charge is 2.29. The van der Waals surface area contributed by atoms with Crippen LogP contribution in [-0.2, 0) is 23.6 Å². The molecule has 1 aromatic carbocycles. The fourth-order valence-corrected chi connectivity index (χ4v) is 5.48. The Morgan fingerprint density at radius 1 is 1.15 bits per heavy atom. The van der Waals surface area contributed by atoms with E-state index in [4.69, 9.17) is 9.15 Å². The first-order valence-corrected chi connectivity index (χ1v) is 13.6. The Morgan fingerprint density at radius 3 is 2.62 bits per heavy atom. The average Bonchev–Trinajstić information content (AvgIpc) is 3.53. The van der Waals surface area contributed by atoms with E-state index in [9.17, 15) is 13.2 Å². The van der Waals surface area contributed by atoms with Crippen molar-refractivity contribution in [3.05, 3.63) is 52.6 Å². The molecule has 5 rings (SSSR count). The van der Waals surface area contributed by atoms with E-state index in [0.717, 1.165) is 16.9 Å². The Hall–Kier alpha value is -2.62.